The molecule has 2 heterocycles. The zero-order valence-corrected chi connectivity index (χ0v) is 12.4. The predicted octanol–water partition coefficient (Wildman–Crippen LogP) is 4.67. The molecule has 1 aliphatic rings. The molecule has 3 rings (SSSR count). The molecule has 0 radical (unpaired) electrons. The summed E-state index contributed by atoms with van der Waals surface area (Å²) in [5.41, 5.74) is 0.884. The van der Waals surface area contributed by atoms with Crippen molar-refractivity contribution in [2.75, 3.05) is 13.2 Å². The SMILES string of the molecule is CC1COc2ccc(C(Cl)c3ccc(Cl)o3)cc2OC1. The van der Waals surface area contributed by atoms with Crippen molar-refractivity contribution in [1.29, 1.82) is 0 Å². The largest absolute Gasteiger partial charge is 0.489 e. The van der Waals surface area contributed by atoms with Gasteiger partial charge in [0.2, 0.25) is 0 Å². The van der Waals surface area contributed by atoms with Crippen LogP contribution in [0.15, 0.2) is 34.7 Å². The summed E-state index contributed by atoms with van der Waals surface area (Å²) in [6, 6.07) is 9.12. The first-order chi connectivity index (χ1) is 9.63. The van der Waals surface area contributed by atoms with Crippen LogP contribution in [0, 0.1) is 5.92 Å². The van der Waals surface area contributed by atoms with Gasteiger partial charge in [-0.2, -0.15) is 0 Å². The number of halogens is 2. The molecule has 2 aromatic rings. The Balaban J connectivity index is 1.88. The Labute approximate surface area is 127 Å². The summed E-state index contributed by atoms with van der Waals surface area (Å²) in [7, 11) is 0. The molecule has 3 nitrogen and oxygen atoms in total. The molecule has 0 spiro atoms. The van der Waals surface area contributed by atoms with Crippen molar-refractivity contribution in [3.63, 3.8) is 0 Å². The molecular formula is C15H14Cl2O3. The van der Waals surface area contributed by atoms with E-state index >= 15 is 0 Å². The van der Waals surface area contributed by atoms with Crippen LogP contribution in [-0.4, -0.2) is 13.2 Å². The Morgan fingerprint density at radius 3 is 2.55 bits per heavy atom. The number of hydrogen-bond acceptors (Lipinski definition) is 3. The zero-order valence-electron chi connectivity index (χ0n) is 10.9. The van der Waals surface area contributed by atoms with E-state index in [4.69, 9.17) is 37.1 Å². The number of fused-ring (bicyclic) bond motifs is 1. The third-order valence-corrected chi connectivity index (χ3v) is 3.82. The highest BCUT2D eigenvalue weighted by Crippen LogP contribution is 2.37. The summed E-state index contributed by atoms with van der Waals surface area (Å²) in [5, 5.41) is -0.0779. The van der Waals surface area contributed by atoms with Crippen LogP contribution in [0.5, 0.6) is 11.5 Å². The predicted molar refractivity (Wildman–Crippen MR) is 78.0 cm³/mol. The van der Waals surface area contributed by atoms with E-state index in [2.05, 4.69) is 6.92 Å². The number of hydrogen-bond donors (Lipinski definition) is 0. The smallest absolute Gasteiger partial charge is 0.193 e. The van der Waals surface area contributed by atoms with Gasteiger partial charge in [-0.15, -0.1) is 11.6 Å². The van der Waals surface area contributed by atoms with Crippen LogP contribution in [0.4, 0.5) is 0 Å². The minimum absolute atomic E-state index is 0.328. The van der Waals surface area contributed by atoms with Gasteiger partial charge < -0.3 is 13.9 Å². The third-order valence-electron chi connectivity index (χ3n) is 3.15. The molecule has 1 aliphatic heterocycles. The molecule has 106 valence electrons. The van der Waals surface area contributed by atoms with Gasteiger partial charge in [0.15, 0.2) is 16.7 Å². The van der Waals surface area contributed by atoms with Crippen molar-refractivity contribution in [2.24, 2.45) is 5.92 Å². The van der Waals surface area contributed by atoms with Crippen LogP contribution < -0.4 is 9.47 Å². The summed E-state index contributed by atoms with van der Waals surface area (Å²) in [5.74, 6) is 2.44. The molecule has 0 amide bonds. The molecule has 1 aromatic carbocycles. The van der Waals surface area contributed by atoms with Crippen molar-refractivity contribution in [3.05, 3.63) is 46.9 Å². The lowest BCUT2D eigenvalue weighted by Gasteiger charge is -2.11. The second-order valence-corrected chi connectivity index (χ2v) is 5.75. The number of alkyl halides is 1. The molecule has 0 aliphatic carbocycles. The van der Waals surface area contributed by atoms with E-state index in [0.717, 1.165) is 17.1 Å². The number of benzene rings is 1. The first-order valence-corrected chi connectivity index (χ1v) is 7.24. The van der Waals surface area contributed by atoms with Gasteiger partial charge in [0.05, 0.1) is 13.2 Å². The quantitative estimate of drug-likeness (QED) is 0.755. The monoisotopic (exact) mass is 312 g/mol. The van der Waals surface area contributed by atoms with Crippen molar-refractivity contribution in [2.45, 2.75) is 12.3 Å². The lowest BCUT2D eigenvalue weighted by Crippen LogP contribution is -2.12. The minimum Gasteiger partial charge on any atom is -0.489 e. The number of furan rings is 1. The molecule has 1 aromatic heterocycles. The van der Waals surface area contributed by atoms with Gasteiger partial charge in [0.25, 0.3) is 0 Å². The van der Waals surface area contributed by atoms with Crippen molar-refractivity contribution < 1.29 is 13.9 Å². The maximum Gasteiger partial charge on any atom is 0.193 e. The van der Waals surface area contributed by atoms with Crippen molar-refractivity contribution in [1.82, 2.24) is 0 Å². The highest BCUT2D eigenvalue weighted by molar-refractivity contribution is 6.29. The second-order valence-electron chi connectivity index (χ2n) is 4.94. The first kappa shape index (κ1) is 13.7. The Hall–Kier alpha value is -1.32. The topological polar surface area (TPSA) is 31.6 Å². The fraction of sp³-hybridized carbons (Fsp3) is 0.333. The fourth-order valence-corrected chi connectivity index (χ4v) is 2.46. The molecule has 2 atom stereocenters. The van der Waals surface area contributed by atoms with Crippen molar-refractivity contribution in [3.8, 4) is 11.5 Å². The van der Waals surface area contributed by atoms with Crippen LogP contribution in [0.1, 0.15) is 23.6 Å². The molecule has 0 fully saturated rings. The van der Waals surface area contributed by atoms with E-state index in [-0.39, 0.29) is 0 Å². The lowest BCUT2D eigenvalue weighted by atomic mass is 10.1. The molecule has 0 saturated heterocycles. The van der Waals surface area contributed by atoms with Crippen LogP contribution >= 0.6 is 23.2 Å². The minimum atomic E-state index is -0.405. The van der Waals surface area contributed by atoms with Crippen LogP contribution in [-0.2, 0) is 0 Å². The molecule has 0 bridgehead atoms. The average Bonchev–Trinajstić information content (AvgIpc) is 2.80. The summed E-state index contributed by atoms with van der Waals surface area (Å²) in [4.78, 5) is 0. The Kier molecular flexibility index (Phi) is 3.81. The van der Waals surface area contributed by atoms with Gasteiger partial charge in [-0.3, -0.25) is 0 Å². The Morgan fingerprint density at radius 2 is 1.85 bits per heavy atom. The molecule has 0 saturated carbocycles. The van der Waals surface area contributed by atoms with Gasteiger partial charge in [-0.1, -0.05) is 13.0 Å². The molecule has 20 heavy (non-hydrogen) atoms. The first-order valence-electron chi connectivity index (χ1n) is 6.42. The van der Waals surface area contributed by atoms with Crippen LogP contribution in [0.3, 0.4) is 0 Å². The maximum absolute atomic E-state index is 6.41. The van der Waals surface area contributed by atoms with Gasteiger partial charge in [-0.05, 0) is 41.4 Å². The van der Waals surface area contributed by atoms with Crippen LogP contribution in [0.25, 0.3) is 0 Å². The molecule has 5 heteroatoms. The Bertz CT molecular complexity index is 609. The van der Waals surface area contributed by atoms with E-state index in [1.165, 1.54) is 0 Å². The molecule has 0 N–H and O–H groups in total. The highest BCUT2D eigenvalue weighted by atomic mass is 35.5. The normalized spacial score (nSPS) is 19.4. The van der Waals surface area contributed by atoms with Gasteiger partial charge >= 0.3 is 0 Å². The van der Waals surface area contributed by atoms with E-state index in [9.17, 15) is 0 Å². The average molecular weight is 313 g/mol. The molecular weight excluding hydrogens is 299 g/mol. The van der Waals surface area contributed by atoms with E-state index < -0.39 is 5.38 Å². The summed E-state index contributed by atoms with van der Waals surface area (Å²) >= 11 is 12.2. The lowest BCUT2D eigenvalue weighted by molar-refractivity contribution is 0.228. The van der Waals surface area contributed by atoms with Crippen LogP contribution in [0.2, 0.25) is 5.22 Å². The van der Waals surface area contributed by atoms with E-state index in [0.29, 0.717) is 30.1 Å². The Morgan fingerprint density at radius 1 is 1.10 bits per heavy atom. The maximum atomic E-state index is 6.41. The standard InChI is InChI=1S/C15H14Cl2O3/c1-9-7-18-11-3-2-10(6-13(11)19-8-9)15(17)12-4-5-14(16)20-12/h2-6,9,15H,7-8H2,1H3. The third kappa shape index (κ3) is 2.74. The number of rotatable bonds is 2. The van der Waals surface area contributed by atoms with E-state index in [1.54, 1.807) is 12.1 Å². The highest BCUT2D eigenvalue weighted by Gasteiger charge is 2.20. The summed E-state index contributed by atoms with van der Waals surface area (Å²) in [6.45, 7) is 3.38. The van der Waals surface area contributed by atoms with Gasteiger partial charge in [0, 0.05) is 5.92 Å². The fourth-order valence-electron chi connectivity index (χ4n) is 2.06. The van der Waals surface area contributed by atoms with Crippen molar-refractivity contribution >= 4 is 23.2 Å². The molecule has 2 unspecified atom stereocenters. The summed E-state index contributed by atoms with van der Waals surface area (Å²) < 4.78 is 16.8. The zero-order chi connectivity index (χ0) is 14.1. The van der Waals surface area contributed by atoms with Gasteiger partial charge in [0.1, 0.15) is 11.1 Å². The second kappa shape index (κ2) is 5.58. The number of ether oxygens (including phenoxy) is 2. The summed E-state index contributed by atoms with van der Waals surface area (Å²) in [6.07, 6.45) is 0. The van der Waals surface area contributed by atoms with E-state index in [1.807, 2.05) is 18.2 Å². The van der Waals surface area contributed by atoms with Gasteiger partial charge in [-0.25, -0.2) is 0 Å².